The SMILES string of the molecule is CC1(C)[C@@H]2C=C[C@@H]1[C@H](C(=O)n1c(=O)oc3ccccc31)C2. The lowest BCUT2D eigenvalue weighted by molar-refractivity contribution is 0.0793. The van der Waals surface area contributed by atoms with Crippen molar-refractivity contribution >= 4 is 17.0 Å². The highest BCUT2D eigenvalue weighted by Gasteiger charge is 2.53. The molecule has 21 heavy (non-hydrogen) atoms. The summed E-state index contributed by atoms with van der Waals surface area (Å²) in [6, 6.07) is 7.08. The third kappa shape index (κ3) is 1.56. The highest BCUT2D eigenvalue weighted by Crippen LogP contribution is 2.56. The first-order chi connectivity index (χ1) is 10.00. The molecule has 108 valence electrons. The van der Waals surface area contributed by atoms with Crippen molar-refractivity contribution in [2.75, 3.05) is 0 Å². The van der Waals surface area contributed by atoms with Crippen LogP contribution in [0.2, 0.25) is 0 Å². The summed E-state index contributed by atoms with van der Waals surface area (Å²) in [5.74, 6) is -0.213. The summed E-state index contributed by atoms with van der Waals surface area (Å²) in [5.41, 5.74) is 1.13. The van der Waals surface area contributed by atoms with Crippen molar-refractivity contribution in [3.63, 3.8) is 0 Å². The molecule has 0 saturated heterocycles. The molecule has 0 unspecified atom stereocenters. The van der Waals surface area contributed by atoms with Gasteiger partial charge in [-0.05, 0) is 35.8 Å². The minimum absolute atomic E-state index is 0.101. The number of aromatic nitrogens is 1. The number of carbonyl (C=O) groups excluding carboxylic acids is 1. The lowest BCUT2D eigenvalue weighted by Gasteiger charge is -2.25. The molecule has 1 saturated carbocycles. The van der Waals surface area contributed by atoms with Crippen LogP contribution in [0.15, 0.2) is 45.6 Å². The van der Waals surface area contributed by atoms with E-state index >= 15 is 0 Å². The zero-order valence-corrected chi connectivity index (χ0v) is 12.1. The minimum Gasteiger partial charge on any atom is -0.407 e. The number of para-hydroxylation sites is 2. The van der Waals surface area contributed by atoms with E-state index in [0.29, 0.717) is 17.0 Å². The van der Waals surface area contributed by atoms with E-state index in [2.05, 4.69) is 26.0 Å². The Balaban J connectivity index is 1.81. The number of hydrogen-bond donors (Lipinski definition) is 0. The molecule has 0 aliphatic heterocycles. The lowest BCUT2D eigenvalue weighted by Crippen LogP contribution is -2.32. The zero-order valence-electron chi connectivity index (χ0n) is 12.1. The number of carbonyl (C=O) groups is 1. The molecule has 4 nitrogen and oxygen atoms in total. The Labute approximate surface area is 122 Å². The maximum absolute atomic E-state index is 12.9. The summed E-state index contributed by atoms with van der Waals surface area (Å²) in [6.07, 6.45) is 5.17. The van der Waals surface area contributed by atoms with E-state index in [9.17, 15) is 9.59 Å². The second kappa shape index (κ2) is 3.97. The smallest absolute Gasteiger partial charge is 0.407 e. The fourth-order valence-electron chi connectivity index (χ4n) is 4.05. The van der Waals surface area contributed by atoms with Crippen molar-refractivity contribution < 1.29 is 9.21 Å². The largest absolute Gasteiger partial charge is 0.426 e. The van der Waals surface area contributed by atoms with Crippen molar-refractivity contribution in [2.24, 2.45) is 23.2 Å². The Bertz CT molecular complexity index is 824. The Kier molecular flexibility index (Phi) is 2.39. The molecule has 4 heteroatoms. The van der Waals surface area contributed by atoms with Crippen LogP contribution in [0.3, 0.4) is 0 Å². The maximum atomic E-state index is 12.9. The molecule has 2 bridgehead atoms. The Morgan fingerprint density at radius 3 is 2.71 bits per heavy atom. The Morgan fingerprint density at radius 1 is 1.29 bits per heavy atom. The van der Waals surface area contributed by atoms with Crippen LogP contribution in [-0.2, 0) is 0 Å². The number of allylic oxidation sites excluding steroid dienone is 2. The highest BCUT2D eigenvalue weighted by molar-refractivity contribution is 5.91. The van der Waals surface area contributed by atoms with Crippen LogP contribution in [0.1, 0.15) is 25.1 Å². The van der Waals surface area contributed by atoms with E-state index in [1.54, 1.807) is 18.2 Å². The van der Waals surface area contributed by atoms with E-state index in [-0.39, 0.29) is 23.2 Å². The van der Waals surface area contributed by atoms with Gasteiger partial charge in [0.25, 0.3) is 0 Å². The van der Waals surface area contributed by atoms with Gasteiger partial charge in [-0.25, -0.2) is 9.36 Å². The van der Waals surface area contributed by atoms with Crippen molar-refractivity contribution in [2.45, 2.75) is 20.3 Å². The normalized spacial score (nSPS) is 29.3. The average Bonchev–Trinajstić information content (AvgIpc) is 3.03. The zero-order chi connectivity index (χ0) is 14.8. The number of benzene rings is 1. The van der Waals surface area contributed by atoms with Gasteiger partial charge in [0, 0.05) is 5.92 Å². The molecule has 4 rings (SSSR count). The molecule has 1 aromatic heterocycles. The van der Waals surface area contributed by atoms with Gasteiger partial charge in [-0.1, -0.05) is 38.1 Å². The van der Waals surface area contributed by atoms with Gasteiger partial charge in [0.2, 0.25) is 5.91 Å². The third-order valence-electron chi connectivity index (χ3n) is 5.33. The molecule has 2 aliphatic rings. The highest BCUT2D eigenvalue weighted by atomic mass is 16.4. The third-order valence-corrected chi connectivity index (χ3v) is 5.33. The van der Waals surface area contributed by atoms with Crippen LogP contribution >= 0.6 is 0 Å². The first kappa shape index (κ1) is 12.6. The number of nitrogens with zero attached hydrogens (tertiary/aromatic N) is 1. The number of hydrogen-bond acceptors (Lipinski definition) is 3. The molecule has 0 radical (unpaired) electrons. The molecule has 0 N–H and O–H groups in total. The fraction of sp³-hybridized carbons (Fsp3) is 0.412. The van der Waals surface area contributed by atoms with Gasteiger partial charge < -0.3 is 4.42 Å². The van der Waals surface area contributed by atoms with E-state index in [1.165, 1.54) is 4.57 Å². The fourth-order valence-corrected chi connectivity index (χ4v) is 4.05. The van der Waals surface area contributed by atoms with Crippen molar-refractivity contribution in [3.8, 4) is 0 Å². The Morgan fingerprint density at radius 2 is 2.05 bits per heavy atom. The molecule has 1 heterocycles. The number of fused-ring (bicyclic) bond motifs is 3. The molecule has 1 fully saturated rings. The van der Waals surface area contributed by atoms with E-state index in [0.717, 1.165) is 6.42 Å². The van der Waals surface area contributed by atoms with Crippen LogP contribution in [-0.4, -0.2) is 10.5 Å². The summed E-state index contributed by atoms with van der Waals surface area (Å²) < 4.78 is 6.39. The lowest BCUT2D eigenvalue weighted by atomic mass is 9.79. The summed E-state index contributed by atoms with van der Waals surface area (Å²) in [6.45, 7) is 4.40. The van der Waals surface area contributed by atoms with Crippen molar-refractivity contribution in [3.05, 3.63) is 47.0 Å². The van der Waals surface area contributed by atoms with Gasteiger partial charge in [-0.15, -0.1) is 0 Å². The van der Waals surface area contributed by atoms with Gasteiger partial charge >= 0.3 is 5.76 Å². The number of rotatable bonds is 1. The molecule has 2 aromatic rings. The second-order valence-electron chi connectivity index (χ2n) is 6.69. The van der Waals surface area contributed by atoms with Crippen LogP contribution in [0.5, 0.6) is 0 Å². The molecule has 1 aromatic carbocycles. The van der Waals surface area contributed by atoms with Gasteiger partial charge in [-0.3, -0.25) is 4.79 Å². The quantitative estimate of drug-likeness (QED) is 0.756. The second-order valence-corrected chi connectivity index (χ2v) is 6.69. The summed E-state index contributed by atoms with van der Waals surface area (Å²) in [4.78, 5) is 25.0. The molecule has 2 aliphatic carbocycles. The topological polar surface area (TPSA) is 52.2 Å². The van der Waals surface area contributed by atoms with Crippen LogP contribution in [0.4, 0.5) is 0 Å². The molecule has 0 amide bonds. The van der Waals surface area contributed by atoms with E-state index in [1.807, 2.05) is 6.07 Å². The molecule has 3 atom stereocenters. The van der Waals surface area contributed by atoms with Crippen LogP contribution in [0.25, 0.3) is 11.1 Å². The van der Waals surface area contributed by atoms with Crippen molar-refractivity contribution in [1.29, 1.82) is 0 Å². The van der Waals surface area contributed by atoms with E-state index < -0.39 is 5.76 Å². The van der Waals surface area contributed by atoms with Crippen molar-refractivity contribution in [1.82, 2.24) is 4.57 Å². The molecular weight excluding hydrogens is 266 g/mol. The van der Waals surface area contributed by atoms with Crippen LogP contribution in [0, 0.1) is 23.2 Å². The monoisotopic (exact) mass is 283 g/mol. The predicted octanol–water partition coefficient (Wildman–Crippen LogP) is 3.08. The average molecular weight is 283 g/mol. The maximum Gasteiger partial charge on any atom is 0.426 e. The summed E-state index contributed by atoms with van der Waals surface area (Å²) in [7, 11) is 0. The first-order valence-electron chi connectivity index (χ1n) is 7.33. The predicted molar refractivity (Wildman–Crippen MR) is 79.1 cm³/mol. The van der Waals surface area contributed by atoms with Gasteiger partial charge in [0.1, 0.15) is 0 Å². The molecule has 0 spiro atoms. The van der Waals surface area contributed by atoms with Gasteiger partial charge in [0.05, 0.1) is 5.52 Å². The summed E-state index contributed by atoms with van der Waals surface area (Å²) >= 11 is 0. The van der Waals surface area contributed by atoms with E-state index in [4.69, 9.17) is 4.42 Å². The van der Waals surface area contributed by atoms with Gasteiger partial charge in [-0.2, -0.15) is 0 Å². The standard InChI is InChI=1S/C17H17NO3/c1-17(2)10-7-8-12(17)11(9-10)15(19)18-13-5-3-4-6-14(13)21-16(18)20/h3-8,10-12H,9H2,1-2H3/t10-,11-,12-/m1/s1. The minimum atomic E-state index is -0.578. The summed E-state index contributed by atoms with van der Waals surface area (Å²) in [5, 5.41) is 0. The Hall–Kier alpha value is -2.10. The molecular formula is C17H17NO3. The first-order valence-corrected chi connectivity index (χ1v) is 7.33. The number of oxazole rings is 1. The van der Waals surface area contributed by atoms with Crippen LogP contribution < -0.4 is 5.76 Å². The van der Waals surface area contributed by atoms with Gasteiger partial charge in [0.15, 0.2) is 5.58 Å².